The van der Waals surface area contributed by atoms with Gasteiger partial charge in [-0.1, -0.05) is 27.2 Å². The first kappa shape index (κ1) is 20.6. The number of hydrogen-bond donors (Lipinski definition) is 2. The average molecular weight is 391 g/mol. The standard InChI is InChI=1S/C20H34N6O2/c1-4-5-12-28-19-23-17(21)16-18(24-19)26(20(27)22-16)11-8-15-6-9-25(10-7-15)13-14(2)3/h14-15H,4-13H2,1-3H3,(H,22,27)(H2,21,23,24). The van der Waals surface area contributed by atoms with Gasteiger partial charge in [0.25, 0.3) is 0 Å². The molecule has 0 aromatic carbocycles. The molecule has 3 N–H and O–H groups in total. The number of aryl methyl sites for hydroxylation is 1. The van der Waals surface area contributed by atoms with Gasteiger partial charge in [0, 0.05) is 13.1 Å². The smallest absolute Gasteiger partial charge is 0.327 e. The van der Waals surface area contributed by atoms with Gasteiger partial charge < -0.3 is 20.4 Å². The summed E-state index contributed by atoms with van der Waals surface area (Å²) in [4.78, 5) is 26.4. The maximum Gasteiger partial charge on any atom is 0.327 e. The van der Waals surface area contributed by atoms with Gasteiger partial charge in [-0.05, 0) is 50.6 Å². The Labute approximate surface area is 166 Å². The average Bonchev–Trinajstić information content (AvgIpc) is 2.97. The molecule has 0 spiro atoms. The van der Waals surface area contributed by atoms with Crippen LogP contribution in [-0.4, -0.2) is 50.7 Å². The summed E-state index contributed by atoms with van der Waals surface area (Å²) in [7, 11) is 0. The minimum atomic E-state index is -0.182. The second-order valence-electron chi connectivity index (χ2n) is 8.30. The molecular weight excluding hydrogens is 356 g/mol. The maximum absolute atomic E-state index is 12.4. The number of imidazole rings is 1. The molecule has 1 saturated heterocycles. The number of nitrogens with two attached hydrogens (primary N) is 1. The number of ether oxygens (including phenoxy) is 1. The second kappa shape index (κ2) is 9.41. The van der Waals surface area contributed by atoms with Crippen molar-refractivity contribution in [3.8, 4) is 6.01 Å². The number of nitrogens with one attached hydrogen (secondary N) is 1. The third-order valence-electron chi connectivity index (χ3n) is 5.45. The summed E-state index contributed by atoms with van der Waals surface area (Å²) in [6.07, 6.45) is 5.30. The molecule has 8 heteroatoms. The van der Waals surface area contributed by atoms with Crippen molar-refractivity contribution in [3.63, 3.8) is 0 Å². The Kier molecular flexibility index (Phi) is 6.93. The van der Waals surface area contributed by atoms with Crippen LogP contribution in [0.15, 0.2) is 4.79 Å². The molecule has 0 atom stereocenters. The van der Waals surface area contributed by atoms with Gasteiger partial charge in [-0.25, -0.2) is 4.79 Å². The Morgan fingerprint density at radius 1 is 1.29 bits per heavy atom. The Morgan fingerprint density at radius 3 is 2.71 bits per heavy atom. The van der Waals surface area contributed by atoms with E-state index < -0.39 is 0 Å². The van der Waals surface area contributed by atoms with Gasteiger partial charge in [-0.2, -0.15) is 9.97 Å². The SMILES string of the molecule is CCCCOc1nc(N)c2[nH]c(=O)n(CCC3CCN(CC(C)C)CC3)c2n1. The van der Waals surface area contributed by atoms with Gasteiger partial charge in [0.2, 0.25) is 0 Å². The van der Waals surface area contributed by atoms with Crippen LogP contribution in [0.3, 0.4) is 0 Å². The van der Waals surface area contributed by atoms with E-state index in [1.54, 1.807) is 4.57 Å². The van der Waals surface area contributed by atoms with Crippen LogP contribution in [0, 0.1) is 11.8 Å². The normalized spacial score (nSPS) is 16.3. The molecule has 1 aliphatic heterocycles. The molecule has 3 rings (SSSR count). The molecular formula is C20H34N6O2. The molecule has 1 aliphatic rings. The number of aromatic amines is 1. The third kappa shape index (κ3) is 5.04. The lowest BCUT2D eigenvalue weighted by Gasteiger charge is -2.33. The number of piperidine rings is 1. The Hall–Kier alpha value is -2.09. The number of aromatic nitrogens is 4. The molecule has 28 heavy (non-hydrogen) atoms. The van der Waals surface area contributed by atoms with Crippen LogP contribution >= 0.6 is 0 Å². The first-order valence-electron chi connectivity index (χ1n) is 10.6. The monoisotopic (exact) mass is 390 g/mol. The summed E-state index contributed by atoms with van der Waals surface area (Å²) >= 11 is 0. The van der Waals surface area contributed by atoms with E-state index in [2.05, 4.69) is 40.6 Å². The molecule has 0 bridgehead atoms. The van der Waals surface area contributed by atoms with E-state index in [1.165, 1.54) is 19.4 Å². The number of nitrogen functional groups attached to an aromatic ring is 1. The number of unbranched alkanes of at least 4 members (excludes halogenated alkanes) is 1. The minimum absolute atomic E-state index is 0.182. The summed E-state index contributed by atoms with van der Waals surface area (Å²) in [6.45, 7) is 11.3. The summed E-state index contributed by atoms with van der Waals surface area (Å²) < 4.78 is 7.28. The lowest BCUT2D eigenvalue weighted by atomic mass is 9.93. The Balaban J connectivity index is 1.66. The van der Waals surface area contributed by atoms with Crippen molar-refractivity contribution in [1.82, 2.24) is 24.4 Å². The molecule has 2 aromatic rings. The van der Waals surface area contributed by atoms with Gasteiger partial charge in [-0.15, -0.1) is 0 Å². The number of hydrogen-bond acceptors (Lipinski definition) is 6. The number of rotatable bonds is 9. The van der Waals surface area contributed by atoms with Crippen molar-refractivity contribution in [1.29, 1.82) is 0 Å². The first-order chi connectivity index (χ1) is 13.5. The van der Waals surface area contributed by atoms with Crippen LogP contribution in [-0.2, 0) is 6.54 Å². The fraction of sp³-hybridized carbons (Fsp3) is 0.750. The van der Waals surface area contributed by atoms with E-state index in [9.17, 15) is 4.79 Å². The molecule has 0 aliphatic carbocycles. The van der Waals surface area contributed by atoms with Crippen LogP contribution < -0.4 is 16.2 Å². The first-order valence-corrected chi connectivity index (χ1v) is 10.6. The fourth-order valence-corrected chi connectivity index (χ4v) is 3.90. The van der Waals surface area contributed by atoms with Gasteiger partial charge in [0.1, 0.15) is 5.52 Å². The molecule has 3 heterocycles. The zero-order valence-electron chi connectivity index (χ0n) is 17.4. The van der Waals surface area contributed by atoms with Crippen LogP contribution in [0.1, 0.15) is 52.9 Å². The minimum Gasteiger partial charge on any atom is -0.463 e. The molecule has 0 radical (unpaired) electrons. The van der Waals surface area contributed by atoms with Crippen molar-refractivity contribution < 1.29 is 4.74 Å². The van der Waals surface area contributed by atoms with Crippen molar-refractivity contribution in [2.75, 3.05) is 32.0 Å². The highest BCUT2D eigenvalue weighted by atomic mass is 16.5. The number of fused-ring (bicyclic) bond motifs is 1. The maximum atomic E-state index is 12.4. The highest BCUT2D eigenvalue weighted by Crippen LogP contribution is 2.23. The van der Waals surface area contributed by atoms with Gasteiger partial charge in [0.15, 0.2) is 11.5 Å². The van der Waals surface area contributed by atoms with Crippen LogP contribution in [0.4, 0.5) is 5.82 Å². The van der Waals surface area contributed by atoms with Gasteiger partial charge in [-0.3, -0.25) is 4.57 Å². The van der Waals surface area contributed by atoms with Crippen molar-refractivity contribution >= 4 is 17.0 Å². The molecule has 2 aromatic heterocycles. The molecule has 0 amide bonds. The highest BCUT2D eigenvalue weighted by molar-refractivity contribution is 5.81. The fourth-order valence-electron chi connectivity index (χ4n) is 3.90. The Bertz CT molecular complexity index is 820. The van der Waals surface area contributed by atoms with Crippen LogP contribution in [0.5, 0.6) is 6.01 Å². The van der Waals surface area contributed by atoms with E-state index >= 15 is 0 Å². The van der Waals surface area contributed by atoms with Crippen molar-refractivity contribution in [3.05, 3.63) is 10.5 Å². The lowest BCUT2D eigenvalue weighted by molar-refractivity contribution is 0.161. The summed E-state index contributed by atoms with van der Waals surface area (Å²) in [6, 6.07) is 0.244. The van der Waals surface area contributed by atoms with E-state index in [-0.39, 0.29) is 17.5 Å². The van der Waals surface area contributed by atoms with E-state index in [0.717, 1.165) is 32.4 Å². The van der Waals surface area contributed by atoms with Crippen molar-refractivity contribution in [2.24, 2.45) is 11.8 Å². The summed E-state index contributed by atoms with van der Waals surface area (Å²) in [5, 5.41) is 0. The predicted octanol–water partition coefficient (Wildman–Crippen LogP) is 2.64. The van der Waals surface area contributed by atoms with Crippen LogP contribution in [0.25, 0.3) is 11.2 Å². The molecule has 1 fully saturated rings. The number of H-pyrrole nitrogens is 1. The van der Waals surface area contributed by atoms with Crippen LogP contribution in [0.2, 0.25) is 0 Å². The third-order valence-corrected chi connectivity index (χ3v) is 5.45. The number of nitrogens with zero attached hydrogens (tertiary/aromatic N) is 4. The molecule has 0 saturated carbocycles. The second-order valence-corrected chi connectivity index (χ2v) is 8.30. The zero-order valence-corrected chi connectivity index (χ0v) is 17.4. The van der Waals surface area contributed by atoms with E-state index in [0.29, 0.717) is 36.2 Å². The van der Waals surface area contributed by atoms with Gasteiger partial charge >= 0.3 is 11.7 Å². The van der Waals surface area contributed by atoms with E-state index in [1.807, 2.05) is 0 Å². The quantitative estimate of drug-likeness (QED) is 0.638. The predicted molar refractivity (Wildman–Crippen MR) is 112 cm³/mol. The number of anilines is 1. The topological polar surface area (TPSA) is 102 Å². The Morgan fingerprint density at radius 2 is 2.04 bits per heavy atom. The summed E-state index contributed by atoms with van der Waals surface area (Å²) in [5.41, 5.74) is 6.88. The summed E-state index contributed by atoms with van der Waals surface area (Å²) in [5.74, 6) is 1.61. The lowest BCUT2D eigenvalue weighted by Crippen LogP contribution is -2.36. The molecule has 0 unspecified atom stereocenters. The zero-order chi connectivity index (χ0) is 20.1. The van der Waals surface area contributed by atoms with Gasteiger partial charge in [0.05, 0.1) is 6.61 Å². The molecule has 156 valence electrons. The van der Waals surface area contributed by atoms with E-state index in [4.69, 9.17) is 10.5 Å². The highest BCUT2D eigenvalue weighted by Gasteiger charge is 2.21. The van der Waals surface area contributed by atoms with Crippen molar-refractivity contribution in [2.45, 2.75) is 59.4 Å². The molecule has 8 nitrogen and oxygen atoms in total. The largest absolute Gasteiger partial charge is 0.463 e. The number of likely N-dealkylation sites (tertiary alicyclic amines) is 1.